The van der Waals surface area contributed by atoms with Crippen molar-refractivity contribution in [1.29, 1.82) is 0 Å². The van der Waals surface area contributed by atoms with E-state index < -0.39 is 12.0 Å². The summed E-state index contributed by atoms with van der Waals surface area (Å²) in [4.78, 5) is 28.6. The van der Waals surface area contributed by atoms with Crippen LogP contribution in [0.2, 0.25) is 0 Å². The van der Waals surface area contributed by atoms with E-state index in [9.17, 15) is 14.7 Å². The lowest BCUT2D eigenvalue weighted by atomic mass is 10.0. The molecule has 1 atom stereocenters. The Balaban J connectivity index is 1.45. The average molecular weight is 535 g/mol. The highest BCUT2D eigenvalue weighted by Gasteiger charge is 2.18. The van der Waals surface area contributed by atoms with Crippen molar-refractivity contribution in [2.45, 2.75) is 38.6 Å². The Morgan fingerprint density at radius 2 is 1.54 bits per heavy atom. The summed E-state index contributed by atoms with van der Waals surface area (Å²) in [5, 5.41) is 18.6. The Morgan fingerprint density at radius 1 is 0.897 bits per heavy atom. The van der Waals surface area contributed by atoms with E-state index in [0.29, 0.717) is 30.9 Å². The summed E-state index contributed by atoms with van der Waals surface area (Å²) in [5.41, 5.74) is 2.33. The molecule has 9 heteroatoms. The number of nitrogens with zero attached hydrogens (tertiary/aromatic N) is 1. The molecular weight excluding hydrogens is 496 g/mol. The zero-order chi connectivity index (χ0) is 27.9. The Labute approximate surface area is 230 Å². The van der Waals surface area contributed by atoms with Crippen molar-refractivity contribution in [3.05, 3.63) is 83.6 Å². The van der Waals surface area contributed by atoms with Crippen molar-refractivity contribution >= 4 is 17.7 Å². The van der Waals surface area contributed by atoms with Gasteiger partial charge in [0, 0.05) is 23.8 Å². The summed E-state index contributed by atoms with van der Waals surface area (Å²) < 4.78 is 11.5. The van der Waals surface area contributed by atoms with E-state index in [0.717, 1.165) is 48.8 Å². The molecule has 0 aliphatic carbocycles. The summed E-state index contributed by atoms with van der Waals surface area (Å²) in [7, 11) is 1.89. The van der Waals surface area contributed by atoms with Gasteiger partial charge >= 0.3 is 5.97 Å². The number of hydrogen-bond donors (Lipinski definition) is 4. The van der Waals surface area contributed by atoms with Crippen LogP contribution in [0.3, 0.4) is 0 Å². The lowest BCUT2D eigenvalue weighted by Crippen LogP contribution is -2.38. The summed E-state index contributed by atoms with van der Waals surface area (Å²) in [6, 6.07) is 19.7. The number of pyridine rings is 1. The molecule has 208 valence electrons. The van der Waals surface area contributed by atoms with Gasteiger partial charge in [-0.15, -0.1) is 0 Å². The molecule has 1 amide bonds. The zero-order valence-corrected chi connectivity index (χ0v) is 22.6. The number of rotatable bonds is 17. The molecule has 0 fully saturated rings. The minimum absolute atomic E-state index is 0.181. The van der Waals surface area contributed by atoms with Crippen molar-refractivity contribution in [3.63, 3.8) is 0 Å². The minimum Gasteiger partial charge on any atom is -0.494 e. The van der Waals surface area contributed by atoms with Gasteiger partial charge in [0.2, 0.25) is 0 Å². The van der Waals surface area contributed by atoms with E-state index in [2.05, 4.69) is 20.9 Å². The summed E-state index contributed by atoms with van der Waals surface area (Å²) in [6.45, 7) is 4.71. The van der Waals surface area contributed by atoms with Crippen molar-refractivity contribution in [2.24, 2.45) is 0 Å². The molecule has 0 aliphatic heterocycles. The molecule has 0 saturated heterocycles. The van der Waals surface area contributed by atoms with Gasteiger partial charge in [-0.1, -0.05) is 18.2 Å². The van der Waals surface area contributed by atoms with E-state index in [4.69, 9.17) is 9.47 Å². The molecule has 0 aliphatic rings. The Morgan fingerprint density at radius 3 is 2.15 bits per heavy atom. The first-order chi connectivity index (χ1) is 18.9. The molecule has 1 unspecified atom stereocenters. The molecule has 1 aromatic heterocycles. The van der Waals surface area contributed by atoms with Gasteiger partial charge in [-0.3, -0.25) is 9.59 Å². The topological polar surface area (TPSA) is 122 Å². The van der Waals surface area contributed by atoms with Gasteiger partial charge in [-0.2, -0.15) is 0 Å². The molecule has 4 N–H and O–H groups in total. The van der Waals surface area contributed by atoms with Gasteiger partial charge in [0.05, 0.1) is 19.6 Å². The molecule has 3 rings (SSSR count). The van der Waals surface area contributed by atoms with E-state index in [1.54, 1.807) is 24.3 Å². The lowest BCUT2D eigenvalue weighted by molar-refractivity contribution is -0.137. The van der Waals surface area contributed by atoms with Gasteiger partial charge in [0.15, 0.2) is 0 Å². The Bertz CT molecular complexity index is 1170. The second kappa shape index (κ2) is 16.0. The van der Waals surface area contributed by atoms with Gasteiger partial charge in [0.25, 0.3) is 5.91 Å². The molecular formula is C30H38N4O5. The summed E-state index contributed by atoms with van der Waals surface area (Å²) in [5.74, 6) is 0.979. The van der Waals surface area contributed by atoms with Gasteiger partial charge in [-0.05, 0) is 93.9 Å². The number of anilines is 1. The lowest BCUT2D eigenvalue weighted by Gasteiger charge is -2.18. The molecule has 0 saturated carbocycles. The normalized spacial score (nSPS) is 11.4. The van der Waals surface area contributed by atoms with Crippen LogP contribution < -0.4 is 25.4 Å². The first kappa shape index (κ1) is 29.4. The molecule has 0 bridgehead atoms. The minimum atomic E-state index is -0.972. The SMILES string of the molecule is CNCCCOc1ccc(C(=O)NC(CC(=O)O)Cc2ccc(OCCCNc3cccc(C)n3)cc2)cc1. The standard InChI is InChI=1S/C30H38N4O5/c1-22-6-3-7-28(33-22)32-17-5-19-39-26-12-8-23(9-13-26)20-25(21-29(35)36)34-30(37)24-10-14-27(15-11-24)38-18-4-16-31-2/h3,6-15,25,31H,4-5,16-21H2,1-2H3,(H,32,33)(H,34,37)(H,35,36). The largest absolute Gasteiger partial charge is 0.494 e. The number of ether oxygens (including phenoxy) is 2. The number of nitrogens with one attached hydrogen (secondary N) is 3. The molecule has 0 spiro atoms. The predicted molar refractivity (Wildman–Crippen MR) is 152 cm³/mol. The van der Waals surface area contributed by atoms with E-state index in [-0.39, 0.29) is 12.3 Å². The monoisotopic (exact) mass is 534 g/mol. The smallest absolute Gasteiger partial charge is 0.305 e. The van der Waals surface area contributed by atoms with Crippen LogP contribution in [0.1, 0.15) is 40.9 Å². The van der Waals surface area contributed by atoms with Gasteiger partial charge in [0.1, 0.15) is 17.3 Å². The molecule has 0 radical (unpaired) electrons. The fourth-order valence-electron chi connectivity index (χ4n) is 3.92. The molecule has 9 nitrogen and oxygen atoms in total. The van der Waals surface area contributed by atoms with Crippen LogP contribution in [-0.4, -0.2) is 61.4 Å². The van der Waals surface area contributed by atoms with E-state index >= 15 is 0 Å². The Hall–Kier alpha value is -4.11. The third-order valence-electron chi connectivity index (χ3n) is 5.90. The van der Waals surface area contributed by atoms with Crippen LogP contribution in [0.4, 0.5) is 5.82 Å². The van der Waals surface area contributed by atoms with Crippen molar-refractivity contribution in [3.8, 4) is 11.5 Å². The number of aliphatic carboxylic acids is 1. The number of carbonyl (C=O) groups excluding carboxylic acids is 1. The van der Waals surface area contributed by atoms with Gasteiger partial charge in [-0.25, -0.2) is 4.98 Å². The number of carbonyl (C=O) groups is 2. The molecule has 39 heavy (non-hydrogen) atoms. The van der Waals surface area contributed by atoms with Crippen LogP contribution in [0.15, 0.2) is 66.7 Å². The van der Waals surface area contributed by atoms with Crippen molar-refractivity contribution in [1.82, 2.24) is 15.6 Å². The highest BCUT2D eigenvalue weighted by molar-refractivity contribution is 5.94. The fourth-order valence-corrected chi connectivity index (χ4v) is 3.92. The number of carboxylic acids is 1. The van der Waals surface area contributed by atoms with Crippen molar-refractivity contribution < 1.29 is 24.2 Å². The third-order valence-corrected chi connectivity index (χ3v) is 5.90. The second-order valence-corrected chi connectivity index (χ2v) is 9.24. The highest BCUT2D eigenvalue weighted by atomic mass is 16.5. The van der Waals surface area contributed by atoms with E-state index in [1.807, 2.05) is 56.4 Å². The number of aryl methyl sites for hydroxylation is 1. The number of amides is 1. The second-order valence-electron chi connectivity index (χ2n) is 9.24. The number of carboxylic acid groups (broad SMARTS) is 1. The van der Waals surface area contributed by atoms with Gasteiger partial charge < -0.3 is 30.5 Å². The van der Waals surface area contributed by atoms with Crippen LogP contribution >= 0.6 is 0 Å². The third kappa shape index (κ3) is 11.0. The highest BCUT2D eigenvalue weighted by Crippen LogP contribution is 2.16. The number of hydrogen-bond acceptors (Lipinski definition) is 7. The van der Waals surface area contributed by atoms with Crippen molar-refractivity contribution in [2.75, 3.05) is 38.7 Å². The molecule has 2 aromatic carbocycles. The summed E-state index contributed by atoms with van der Waals surface area (Å²) >= 11 is 0. The zero-order valence-electron chi connectivity index (χ0n) is 22.6. The van der Waals surface area contributed by atoms with Crippen LogP contribution in [0.25, 0.3) is 0 Å². The maximum atomic E-state index is 12.8. The molecule has 1 heterocycles. The van der Waals surface area contributed by atoms with Crippen LogP contribution in [0, 0.1) is 6.92 Å². The van der Waals surface area contributed by atoms with Crippen LogP contribution in [-0.2, 0) is 11.2 Å². The fraction of sp³-hybridized carbons (Fsp3) is 0.367. The summed E-state index contributed by atoms with van der Waals surface area (Å²) in [6.07, 6.45) is 1.90. The quantitative estimate of drug-likeness (QED) is 0.191. The maximum absolute atomic E-state index is 12.8. The number of aromatic nitrogens is 1. The first-order valence-electron chi connectivity index (χ1n) is 13.2. The predicted octanol–water partition coefficient (Wildman–Crippen LogP) is 4.08. The van der Waals surface area contributed by atoms with E-state index in [1.165, 1.54) is 0 Å². The first-order valence-corrected chi connectivity index (χ1v) is 13.2. The number of benzene rings is 2. The average Bonchev–Trinajstić information content (AvgIpc) is 2.92. The Kier molecular flexibility index (Phi) is 12.1. The maximum Gasteiger partial charge on any atom is 0.305 e. The molecule has 3 aromatic rings. The van der Waals surface area contributed by atoms with Crippen LogP contribution in [0.5, 0.6) is 11.5 Å².